The van der Waals surface area contributed by atoms with Gasteiger partial charge in [0.05, 0.1) is 12.1 Å². The summed E-state index contributed by atoms with van der Waals surface area (Å²) in [6.45, 7) is 4.96. The maximum Gasteiger partial charge on any atom is 0.154 e. The second kappa shape index (κ2) is 6.68. The summed E-state index contributed by atoms with van der Waals surface area (Å²) in [6, 6.07) is 1.89. The highest BCUT2D eigenvalue weighted by Crippen LogP contribution is 2.67. The first-order chi connectivity index (χ1) is 13.4. The second-order valence-electron chi connectivity index (χ2n) is 11.1. The molecule has 4 aliphatic rings. The number of hydrogen-bond acceptors (Lipinski definition) is 3. The lowest BCUT2D eigenvalue weighted by Crippen LogP contribution is -2.58. The number of ketones is 1. The van der Waals surface area contributed by atoms with E-state index in [0.29, 0.717) is 23.7 Å². The van der Waals surface area contributed by atoms with Gasteiger partial charge in [-0.2, -0.15) is 5.10 Å². The zero-order chi connectivity index (χ0) is 19.5. The number of hydrogen-bond donors (Lipinski definition) is 1. The predicted molar refractivity (Wildman–Crippen MR) is 108 cm³/mol. The van der Waals surface area contributed by atoms with Gasteiger partial charge in [0.25, 0.3) is 0 Å². The first-order valence-corrected chi connectivity index (χ1v) is 11.6. The molecular weight excluding hydrogens is 348 g/mol. The van der Waals surface area contributed by atoms with Crippen LogP contribution in [0.15, 0.2) is 18.5 Å². The van der Waals surface area contributed by atoms with Crippen LogP contribution in [0.3, 0.4) is 0 Å². The van der Waals surface area contributed by atoms with Gasteiger partial charge in [-0.05, 0) is 105 Å². The Morgan fingerprint density at radius 2 is 1.96 bits per heavy atom. The number of nitrogens with zero attached hydrogens (tertiary/aromatic N) is 2. The molecule has 28 heavy (non-hydrogen) atoms. The van der Waals surface area contributed by atoms with Gasteiger partial charge in [0, 0.05) is 18.8 Å². The van der Waals surface area contributed by atoms with Crippen molar-refractivity contribution in [3.63, 3.8) is 0 Å². The molecule has 154 valence electrons. The van der Waals surface area contributed by atoms with E-state index in [2.05, 4.69) is 12.0 Å². The summed E-state index contributed by atoms with van der Waals surface area (Å²) in [5.41, 5.74) is -0.0401. The van der Waals surface area contributed by atoms with Crippen LogP contribution in [-0.2, 0) is 11.3 Å². The van der Waals surface area contributed by atoms with Crippen molar-refractivity contribution in [3.05, 3.63) is 18.5 Å². The molecule has 4 nitrogen and oxygen atoms in total. The highest BCUT2D eigenvalue weighted by Gasteiger charge is 2.60. The lowest BCUT2D eigenvalue weighted by molar-refractivity contribution is -0.171. The number of aromatic nitrogens is 2. The topological polar surface area (TPSA) is 55.1 Å². The van der Waals surface area contributed by atoms with Crippen molar-refractivity contribution in [2.45, 2.75) is 83.8 Å². The van der Waals surface area contributed by atoms with Crippen LogP contribution < -0.4 is 0 Å². The molecule has 0 amide bonds. The highest BCUT2D eigenvalue weighted by atomic mass is 16.3. The normalized spacial score (nSPS) is 47.4. The van der Waals surface area contributed by atoms with Crippen LogP contribution in [0.4, 0.5) is 0 Å². The Bertz CT molecular complexity index is 727. The van der Waals surface area contributed by atoms with E-state index in [1.54, 1.807) is 10.9 Å². The van der Waals surface area contributed by atoms with Crippen molar-refractivity contribution in [2.24, 2.45) is 40.9 Å². The fraction of sp³-hybridized carbons (Fsp3) is 0.833. The van der Waals surface area contributed by atoms with Gasteiger partial charge in [0.1, 0.15) is 0 Å². The molecule has 1 N–H and O–H groups in total. The smallest absolute Gasteiger partial charge is 0.154 e. The van der Waals surface area contributed by atoms with Gasteiger partial charge in [0.15, 0.2) is 5.78 Å². The molecule has 0 saturated heterocycles. The van der Waals surface area contributed by atoms with Gasteiger partial charge in [-0.1, -0.05) is 6.92 Å². The molecule has 0 radical (unpaired) electrons. The van der Waals surface area contributed by atoms with E-state index in [9.17, 15) is 9.90 Å². The third-order valence-electron chi connectivity index (χ3n) is 9.52. The standard InChI is InChI=1S/C24H36N2O2/c1-23(28)8-6-19-16(14-23)4-5-21-20(19)7-9-24(2)17(13-22(21)24)12-18(27)15-26-11-3-10-25-26/h3,10-11,16-17,19-22,28H,4-9,12-15H2,1-2H3/t16-,17?,19+,20?,21?,22?,23-,24-/m1/s1. The Balaban J connectivity index is 1.23. The molecule has 4 heteroatoms. The summed E-state index contributed by atoms with van der Waals surface area (Å²) < 4.78 is 1.76. The van der Waals surface area contributed by atoms with Gasteiger partial charge >= 0.3 is 0 Å². The van der Waals surface area contributed by atoms with E-state index < -0.39 is 5.60 Å². The van der Waals surface area contributed by atoms with E-state index in [1.807, 2.05) is 19.2 Å². The summed E-state index contributed by atoms with van der Waals surface area (Å²) in [6.07, 6.45) is 14.2. The summed E-state index contributed by atoms with van der Waals surface area (Å²) in [5, 5.41) is 14.7. The fourth-order valence-electron chi connectivity index (χ4n) is 8.03. The number of fused-ring (bicyclic) bond motifs is 5. The van der Waals surface area contributed by atoms with Crippen LogP contribution in [-0.4, -0.2) is 26.3 Å². The van der Waals surface area contributed by atoms with Crippen LogP contribution in [0.1, 0.15) is 71.6 Å². The van der Waals surface area contributed by atoms with E-state index in [1.165, 1.54) is 38.5 Å². The quantitative estimate of drug-likeness (QED) is 0.833. The molecule has 1 aromatic heterocycles. The largest absolute Gasteiger partial charge is 0.390 e. The maximum absolute atomic E-state index is 12.6. The molecule has 4 saturated carbocycles. The van der Waals surface area contributed by atoms with Crippen molar-refractivity contribution in [3.8, 4) is 0 Å². The van der Waals surface area contributed by atoms with E-state index >= 15 is 0 Å². The van der Waals surface area contributed by atoms with Crippen molar-refractivity contribution in [1.82, 2.24) is 9.78 Å². The second-order valence-corrected chi connectivity index (χ2v) is 11.1. The number of carbonyl (C=O) groups is 1. The minimum absolute atomic E-state index is 0.341. The fourth-order valence-corrected chi connectivity index (χ4v) is 8.03. The first-order valence-electron chi connectivity index (χ1n) is 11.6. The Morgan fingerprint density at radius 3 is 2.75 bits per heavy atom. The Morgan fingerprint density at radius 1 is 1.14 bits per heavy atom. The zero-order valence-corrected chi connectivity index (χ0v) is 17.5. The van der Waals surface area contributed by atoms with Crippen molar-refractivity contribution < 1.29 is 9.90 Å². The monoisotopic (exact) mass is 384 g/mol. The molecule has 0 bridgehead atoms. The van der Waals surface area contributed by atoms with Crippen LogP contribution in [0.5, 0.6) is 0 Å². The van der Waals surface area contributed by atoms with Gasteiger partial charge in [0.2, 0.25) is 0 Å². The van der Waals surface area contributed by atoms with Crippen molar-refractivity contribution in [2.75, 3.05) is 0 Å². The predicted octanol–water partition coefficient (Wildman–Crippen LogP) is 4.47. The number of aliphatic hydroxyl groups is 1. The number of Topliss-reactive ketones (excluding diaryl/α,β-unsaturated/α-hetero) is 1. The molecule has 4 unspecified atom stereocenters. The molecule has 8 atom stereocenters. The third kappa shape index (κ3) is 3.07. The van der Waals surface area contributed by atoms with Gasteiger partial charge < -0.3 is 5.11 Å². The molecule has 4 aliphatic carbocycles. The summed E-state index contributed by atoms with van der Waals surface area (Å²) in [7, 11) is 0. The summed E-state index contributed by atoms with van der Waals surface area (Å²) in [4.78, 5) is 12.6. The lowest BCUT2D eigenvalue weighted by atomic mass is 9.39. The molecule has 0 spiro atoms. The van der Waals surface area contributed by atoms with Crippen LogP contribution in [0.2, 0.25) is 0 Å². The minimum Gasteiger partial charge on any atom is -0.390 e. The van der Waals surface area contributed by atoms with Crippen molar-refractivity contribution >= 4 is 5.78 Å². The van der Waals surface area contributed by atoms with Crippen LogP contribution in [0.25, 0.3) is 0 Å². The van der Waals surface area contributed by atoms with Crippen molar-refractivity contribution in [1.29, 1.82) is 0 Å². The van der Waals surface area contributed by atoms with E-state index in [-0.39, 0.29) is 0 Å². The minimum atomic E-state index is -0.423. The zero-order valence-electron chi connectivity index (χ0n) is 17.5. The molecule has 1 heterocycles. The Labute approximate surface area is 169 Å². The molecule has 0 aromatic carbocycles. The Kier molecular flexibility index (Phi) is 4.50. The molecule has 4 fully saturated rings. The highest BCUT2D eigenvalue weighted by molar-refractivity contribution is 5.78. The third-order valence-corrected chi connectivity index (χ3v) is 9.52. The number of carbonyl (C=O) groups excluding carboxylic acids is 1. The molecule has 5 rings (SSSR count). The van der Waals surface area contributed by atoms with Gasteiger partial charge in [-0.15, -0.1) is 0 Å². The molecule has 0 aliphatic heterocycles. The molecule has 1 aromatic rings. The van der Waals surface area contributed by atoms with Gasteiger partial charge in [-0.3, -0.25) is 9.48 Å². The van der Waals surface area contributed by atoms with Crippen LogP contribution >= 0.6 is 0 Å². The molecular formula is C24H36N2O2. The number of rotatable bonds is 4. The maximum atomic E-state index is 12.6. The van der Waals surface area contributed by atoms with E-state index in [0.717, 1.165) is 48.9 Å². The Hall–Kier alpha value is -1.16. The summed E-state index contributed by atoms with van der Waals surface area (Å²) >= 11 is 0. The van der Waals surface area contributed by atoms with E-state index in [4.69, 9.17) is 0 Å². The van der Waals surface area contributed by atoms with Crippen LogP contribution in [0, 0.1) is 40.9 Å². The summed E-state index contributed by atoms with van der Waals surface area (Å²) in [5.74, 6) is 5.11. The lowest BCUT2D eigenvalue weighted by Gasteiger charge is -2.65. The average Bonchev–Trinajstić information content (AvgIpc) is 3.14. The van der Waals surface area contributed by atoms with Gasteiger partial charge in [-0.25, -0.2) is 0 Å². The average molecular weight is 385 g/mol. The SMILES string of the molecule is C[C@@]1(O)CC[C@@H]2C3CC[C@]4(C)C(CC(=O)Cn5cccn5)CC4C3CC[C@@H]2C1. The first kappa shape index (κ1) is 18.8.